The van der Waals surface area contributed by atoms with Gasteiger partial charge in [-0.15, -0.1) is 0 Å². The molecule has 128 valence electrons. The van der Waals surface area contributed by atoms with E-state index in [1.165, 1.54) is 24.1 Å². The van der Waals surface area contributed by atoms with Crippen molar-refractivity contribution in [1.29, 1.82) is 5.26 Å². The number of piperazine rings is 1. The standard InChI is InChI=1S/C19H25N3O2/c1-19(2,3)24-18(23)22-10-8-21(9-11-22)17-7-4-14(13-20)12-16(17)15-5-6-15/h4,7,12,15H,5-6,8-11H2,1-3H3. The highest BCUT2D eigenvalue weighted by atomic mass is 16.6. The summed E-state index contributed by atoms with van der Waals surface area (Å²) >= 11 is 0. The Balaban J connectivity index is 1.67. The first-order chi connectivity index (χ1) is 11.4. The van der Waals surface area contributed by atoms with E-state index in [2.05, 4.69) is 17.0 Å². The third-order valence-corrected chi connectivity index (χ3v) is 4.45. The van der Waals surface area contributed by atoms with Crippen LogP contribution in [-0.2, 0) is 4.74 Å². The molecule has 0 unspecified atom stereocenters. The van der Waals surface area contributed by atoms with Crippen molar-refractivity contribution in [2.24, 2.45) is 0 Å². The SMILES string of the molecule is CC(C)(C)OC(=O)N1CCN(c2ccc(C#N)cc2C2CC2)CC1. The molecule has 1 aliphatic carbocycles. The van der Waals surface area contributed by atoms with E-state index >= 15 is 0 Å². The summed E-state index contributed by atoms with van der Waals surface area (Å²) in [4.78, 5) is 16.3. The van der Waals surface area contributed by atoms with Gasteiger partial charge in [0.05, 0.1) is 11.6 Å². The zero-order chi connectivity index (χ0) is 17.3. The first kappa shape index (κ1) is 16.6. The molecule has 0 radical (unpaired) electrons. The second-order valence-corrected chi connectivity index (χ2v) is 7.61. The molecular weight excluding hydrogens is 302 g/mol. The van der Waals surface area contributed by atoms with Gasteiger partial charge in [-0.3, -0.25) is 0 Å². The van der Waals surface area contributed by atoms with Crippen LogP contribution in [0.3, 0.4) is 0 Å². The minimum atomic E-state index is -0.458. The molecule has 0 atom stereocenters. The summed E-state index contributed by atoms with van der Waals surface area (Å²) in [7, 11) is 0. The lowest BCUT2D eigenvalue weighted by atomic mass is 10.0. The van der Waals surface area contributed by atoms with Crippen molar-refractivity contribution in [3.8, 4) is 6.07 Å². The fourth-order valence-electron chi connectivity index (χ4n) is 3.09. The maximum absolute atomic E-state index is 12.2. The van der Waals surface area contributed by atoms with Crippen molar-refractivity contribution in [3.63, 3.8) is 0 Å². The van der Waals surface area contributed by atoms with Crippen molar-refractivity contribution in [2.75, 3.05) is 31.1 Å². The molecule has 1 aliphatic heterocycles. The maximum atomic E-state index is 12.2. The Bertz CT molecular complexity index is 660. The van der Waals surface area contributed by atoms with Crippen molar-refractivity contribution >= 4 is 11.8 Å². The Kier molecular flexibility index (Phi) is 4.40. The van der Waals surface area contributed by atoms with Crippen LogP contribution >= 0.6 is 0 Å². The number of nitriles is 1. The second-order valence-electron chi connectivity index (χ2n) is 7.61. The molecule has 5 heteroatoms. The number of carbonyl (C=O) groups excluding carboxylic acids is 1. The van der Waals surface area contributed by atoms with E-state index in [9.17, 15) is 4.79 Å². The molecule has 0 N–H and O–H groups in total. The van der Waals surface area contributed by atoms with Crippen LogP contribution in [0.15, 0.2) is 18.2 Å². The van der Waals surface area contributed by atoms with Crippen molar-refractivity contribution in [2.45, 2.75) is 45.1 Å². The number of anilines is 1. The summed E-state index contributed by atoms with van der Waals surface area (Å²) < 4.78 is 5.45. The van der Waals surface area contributed by atoms with Gasteiger partial charge in [0, 0.05) is 31.9 Å². The third kappa shape index (κ3) is 3.81. The molecule has 3 rings (SSSR count). The number of benzene rings is 1. The summed E-state index contributed by atoms with van der Waals surface area (Å²) in [5.74, 6) is 0.595. The van der Waals surface area contributed by atoms with Crippen LogP contribution in [-0.4, -0.2) is 42.8 Å². The number of rotatable bonds is 2. The third-order valence-electron chi connectivity index (χ3n) is 4.45. The number of nitrogens with zero attached hydrogens (tertiary/aromatic N) is 3. The quantitative estimate of drug-likeness (QED) is 0.834. The molecular formula is C19H25N3O2. The van der Waals surface area contributed by atoms with Crippen LogP contribution in [0.1, 0.15) is 50.7 Å². The molecule has 5 nitrogen and oxygen atoms in total. The number of hydrogen-bond acceptors (Lipinski definition) is 4. The summed E-state index contributed by atoms with van der Waals surface area (Å²) in [6.45, 7) is 8.59. The predicted octanol–water partition coefficient (Wildman–Crippen LogP) is 3.49. The van der Waals surface area contributed by atoms with Gasteiger partial charge in [0.25, 0.3) is 0 Å². The smallest absolute Gasteiger partial charge is 0.410 e. The van der Waals surface area contributed by atoms with Crippen molar-refractivity contribution < 1.29 is 9.53 Å². The monoisotopic (exact) mass is 327 g/mol. The average molecular weight is 327 g/mol. The first-order valence-electron chi connectivity index (χ1n) is 8.64. The summed E-state index contributed by atoms with van der Waals surface area (Å²) in [6.07, 6.45) is 2.18. The Morgan fingerprint density at radius 1 is 1.21 bits per heavy atom. The number of amides is 1. The van der Waals surface area contributed by atoms with Crippen molar-refractivity contribution in [3.05, 3.63) is 29.3 Å². The van der Waals surface area contributed by atoms with Gasteiger partial charge < -0.3 is 14.5 Å². The first-order valence-corrected chi connectivity index (χ1v) is 8.64. The lowest BCUT2D eigenvalue weighted by Crippen LogP contribution is -2.50. The average Bonchev–Trinajstić information content (AvgIpc) is 3.37. The molecule has 1 saturated carbocycles. The van der Waals surface area contributed by atoms with Gasteiger partial charge in [-0.2, -0.15) is 5.26 Å². The molecule has 1 aromatic rings. The Labute approximate surface area is 143 Å². The fraction of sp³-hybridized carbons (Fsp3) is 0.579. The lowest BCUT2D eigenvalue weighted by molar-refractivity contribution is 0.0240. The molecule has 0 spiro atoms. The zero-order valence-electron chi connectivity index (χ0n) is 14.7. The van der Waals surface area contributed by atoms with Gasteiger partial charge in [0.15, 0.2) is 0 Å². The Morgan fingerprint density at radius 3 is 2.42 bits per heavy atom. The van der Waals surface area contributed by atoms with Crippen LogP contribution in [0.2, 0.25) is 0 Å². The molecule has 1 aromatic carbocycles. The van der Waals surface area contributed by atoms with E-state index in [1.807, 2.05) is 32.9 Å². The van der Waals surface area contributed by atoms with Crippen LogP contribution < -0.4 is 4.90 Å². The largest absolute Gasteiger partial charge is 0.444 e. The fourth-order valence-corrected chi connectivity index (χ4v) is 3.09. The molecule has 1 saturated heterocycles. The van der Waals surface area contributed by atoms with E-state index in [0.717, 1.165) is 18.7 Å². The van der Waals surface area contributed by atoms with Gasteiger partial charge >= 0.3 is 6.09 Å². The topological polar surface area (TPSA) is 56.6 Å². The number of carbonyl (C=O) groups is 1. The second kappa shape index (κ2) is 6.35. The predicted molar refractivity (Wildman–Crippen MR) is 93.2 cm³/mol. The minimum absolute atomic E-state index is 0.232. The van der Waals surface area contributed by atoms with E-state index in [-0.39, 0.29) is 6.09 Å². The highest BCUT2D eigenvalue weighted by Crippen LogP contribution is 2.44. The van der Waals surface area contributed by atoms with Crippen LogP contribution in [0.4, 0.5) is 10.5 Å². The summed E-state index contributed by atoms with van der Waals surface area (Å²) in [5.41, 5.74) is 2.79. The van der Waals surface area contributed by atoms with Crippen molar-refractivity contribution in [1.82, 2.24) is 4.90 Å². The Morgan fingerprint density at radius 2 is 1.88 bits per heavy atom. The molecule has 24 heavy (non-hydrogen) atoms. The number of hydrogen-bond donors (Lipinski definition) is 0. The van der Waals surface area contributed by atoms with Gasteiger partial charge in [0.1, 0.15) is 5.60 Å². The van der Waals surface area contributed by atoms with Crippen LogP contribution in [0.5, 0.6) is 0 Å². The van der Waals surface area contributed by atoms with E-state index in [1.54, 1.807) is 4.90 Å². The van der Waals surface area contributed by atoms with E-state index < -0.39 is 5.60 Å². The maximum Gasteiger partial charge on any atom is 0.410 e. The molecule has 2 fully saturated rings. The van der Waals surface area contributed by atoms with Crippen LogP contribution in [0.25, 0.3) is 0 Å². The van der Waals surface area contributed by atoms with Gasteiger partial charge in [-0.25, -0.2) is 4.79 Å². The van der Waals surface area contributed by atoms with Gasteiger partial charge in [0.2, 0.25) is 0 Å². The highest BCUT2D eigenvalue weighted by Gasteiger charge is 2.30. The molecule has 1 heterocycles. The highest BCUT2D eigenvalue weighted by molar-refractivity contribution is 5.69. The van der Waals surface area contributed by atoms with Gasteiger partial charge in [-0.1, -0.05) is 0 Å². The molecule has 2 aliphatic rings. The lowest BCUT2D eigenvalue weighted by Gasteiger charge is -2.37. The normalized spacial score (nSPS) is 18.2. The van der Waals surface area contributed by atoms with Crippen LogP contribution in [0, 0.1) is 11.3 Å². The molecule has 0 aromatic heterocycles. The minimum Gasteiger partial charge on any atom is -0.444 e. The molecule has 1 amide bonds. The van der Waals surface area contributed by atoms with E-state index in [4.69, 9.17) is 10.00 Å². The number of ether oxygens (including phenoxy) is 1. The van der Waals surface area contributed by atoms with E-state index in [0.29, 0.717) is 19.0 Å². The summed E-state index contributed by atoms with van der Waals surface area (Å²) in [5, 5.41) is 9.13. The molecule has 0 bridgehead atoms. The zero-order valence-corrected chi connectivity index (χ0v) is 14.7. The Hall–Kier alpha value is -2.22. The van der Waals surface area contributed by atoms with Gasteiger partial charge in [-0.05, 0) is 63.3 Å². The summed E-state index contributed by atoms with van der Waals surface area (Å²) in [6, 6.07) is 8.23.